The Labute approximate surface area is 117 Å². The van der Waals surface area contributed by atoms with Gasteiger partial charge >= 0.3 is 0 Å². The van der Waals surface area contributed by atoms with E-state index in [9.17, 15) is 0 Å². The van der Waals surface area contributed by atoms with Crippen LogP contribution in [0.1, 0.15) is 33.6 Å². The summed E-state index contributed by atoms with van der Waals surface area (Å²) in [6, 6.07) is 0. The molecule has 1 aliphatic rings. The Balaban J connectivity index is 1.99. The summed E-state index contributed by atoms with van der Waals surface area (Å²) < 4.78 is 5.79. The molecule has 0 amide bonds. The van der Waals surface area contributed by atoms with Gasteiger partial charge in [-0.1, -0.05) is 13.8 Å². The van der Waals surface area contributed by atoms with Crippen LogP contribution in [0.15, 0.2) is 0 Å². The van der Waals surface area contributed by atoms with Crippen molar-refractivity contribution in [1.29, 1.82) is 0 Å². The lowest BCUT2D eigenvalue weighted by molar-refractivity contribution is 0.144. The molecule has 0 unspecified atom stereocenters. The summed E-state index contributed by atoms with van der Waals surface area (Å²) in [5.41, 5.74) is 0. The van der Waals surface area contributed by atoms with Crippen molar-refractivity contribution in [3.8, 4) is 0 Å². The maximum absolute atomic E-state index is 5.32. The fraction of sp³-hybridized carbons (Fsp3) is 1.00. The van der Waals surface area contributed by atoms with Gasteiger partial charge in [-0.15, -0.1) is 0 Å². The van der Waals surface area contributed by atoms with Crippen LogP contribution < -0.4 is 5.32 Å². The smallest absolute Gasteiger partial charge is 0.0477 e. The van der Waals surface area contributed by atoms with Crippen molar-refractivity contribution in [2.45, 2.75) is 38.4 Å². The van der Waals surface area contributed by atoms with Gasteiger partial charge < -0.3 is 15.0 Å². The minimum absolute atomic E-state index is 0.472. The van der Waals surface area contributed by atoms with Gasteiger partial charge in [0, 0.05) is 43.3 Å². The Kier molecular flexibility index (Phi) is 8.31. The Hall–Kier alpha value is 0.230. The van der Waals surface area contributed by atoms with Crippen LogP contribution in [0.4, 0.5) is 0 Å². The average Bonchev–Trinajstić information content (AvgIpc) is 2.50. The van der Waals surface area contributed by atoms with Gasteiger partial charge in [0.2, 0.25) is 0 Å². The summed E-state index contributed by atoms with van der Waals surface area (Å²) in [6.45, 7) is 14.4. The first-order valence-electron chi connectivity index (χ1n) is 7.29. The predicted octanol–water partition coefficient (Wildman–Crippen LogP) is 2.22. The summed E-state index contributed by atoms with van der Waals surface area (Å²) in [7, 11) is 0. The molecule has 0 aromatic rings. The highest BCUT2D eigenvalue weighted by atomic mass is 32.2. The molecular formula is C14H30N2OS. The normalized spacial score (nSPS) is 20.8. The van der Waals surface area contributed by atoms with E-state index in [-0.39, 0.29) is 0 Å². The number of hydrogen-bond donors (Lipinski definition) is 1. The Morgan fingerprint density at radius 1 is 1.28 bits per heavy atom. The molecule has 108 valence electrons. The van der Waals surface area contributed by atoms with E-state index in [0.29, 0.717) is 4.75 Å². The number of nitrogens with zero attached hydrogens (tertiary/aromatic N) is 1. The lowest BCUT2D eigenvalue weighted by Gasteiger charge is -2.22. The first-order valence-corrected chi connectivity index (χ1v) is 8.27. The molecule has 1 heterocycles. The summed E-state index contributed by atoms with van der Waals surface area (Å²) in [5.74, 6) is 1.28. The maximum Gasteiger partial charge on any atom is 0.0477 e. The standard InChI is InChI=1S/C14H30N2OS/c1-4-17-12-5-7-15-8-10-16-9-6-14(2,3)18-13-11-16/h15H,4-13H2,1-3H3. The van der Waals surface area contributed by atoms with Gasteiger partial charge in [-0.3, -0.25) is 0 Å². The van der Waals surface area contributed by atoms with E-state index in [2.05, 4.69) is 35.8 Å². The third-order valence-corrected chi connectivity index (χ3v) is 4.75. The largest absolute Gasteiger partial charge is 0.382 e. The number of nitrogens with one attached hydrogen (secondary N) is 1. The van der Waals surface area contributed by atoms with E-state index < -0.39 is 0 Å². The zero-order valence-corrected chi connectivity index (χ0v) is 13.2. The van der Waals surface area contributed by atoms with Gasteiger partial charge in [0.05, 0.1) is 0 Å². The molecular weight excluding hydrogens is 244 g/mol. The van der Waals surface area contributed by atoms with Crippen LogP contribution in [-0.4, -0.2) is 61.3 Å². The van der Waals surface area contributed by atoms with Crippen molar-refractivity contribution in [3.63, 3.8) is 0 Å². The molecule has 4 heteroatoms. The molecule has 0 aromatic heterocycles. The van der Waals surface area contributed by atoms with Crippen LogP contribution in [-0.2, 0) is 4.74 Å². The van der Waals surface area contributed by atoms with E-state index in [1.807, 2.05) is 6.92 Å². The van der Waals surface area contributed by atoms with Gasteiger partial charge in [0.1, 0.15) is 0 Å². The van der Waals surface area contributed by atoms with Crippen molar-refractivity contribution >= 4 is 11.8 Å². The summed E-state index contributed by atoms with van der Waals surface area (Å²) >= 11 is 2.12. The topological polar surface area (TPSA) is 24.5 Å². The number of hydrogen-bond acceptors (Lipinski definition) is 4. The van der Waals surface area contributed by atoms with Gasteiger partial charge in [-0.25, -0.2) is 0 Å². The minimum atomic E-state index is 0.472. The molecule has 3 nitrogen and oxygen atoms in total. The zero-order chi connectivity index (χ0) is 13.3. The molecule has 0 saturated carbocycles. The van der Waals surface area contributed by atoms with Crippen molar-refractivity contribution in [1.82, 2.24) is 10.2 Å². The molecule has 18 heavy (non-hydrogen) atoms. The molecule has 0 aromatic carbocycles. The minimum Gasteiger partial charge on any atom is -0.382 e. The molecule has 1 saturated heterocycles. The van der Waals surface area contributed by atoms with Gasteiger partial charge in [0.15, 0.2) is 0 Å². The molecule has 0 spiro atoms. The van der Waals surface area contributed by atoms with Gasteiger partial charge in [-0.2, -0.15) is 11.8 Å². The molecule has 0 radical (unpaired) electrons. The number of thioether (sulfide) groups is 1. The second kappa shape index (κ2) is 9.18. The Morgan fingerprint density at radius 2 is 2.11 bits per heavy atom. The molecule has 1 rings (SSSR count). The molecule has 0 bridgehead atoms. The van der Waals surface area contributed by atoms with Crippen molar-refractivity contribution in [3.05, 3.63) is 0 Å². The molecule has 1 N–H and O–H groups in total. The van der Waals surface area contributed by atoms with Crippen molar-refractivity contribution < 1.29 is 4.74 Å². The fourth-order valence-corrected chi connectivity index (χ4v) is 3.23. The summed E-state index contributed by atoms with van der Waals surface area (Å²) in [6.07, 6.45) is 2.43. The second-order valence-electron chi connectivity index (χ2n) is 5.50. The van der Waals surface area contributed by atoms with Crippen molar-refractivity contribution in [2.24, 2.45) is 0 Å². The van der Waals surface area contributed by atoms with Gasteiger partial charge in [-0.05, 0) is 32.9 Å². The van der Waals surface area contributed by atoms with E-state index in [4.69, 9.17) is 4.74 Å². The third-order valence-electron chi connectivity index (χ3n) is 3.38. The summed E-state index contributed by atoms with van der Waals surface area (Å²) in [5, 5.41) is 3.50. The highest BCUT2D eigenvalue weighted by molar-refractivity contribution is 8.00. The van der Waals surface area contributed by atoms with E-state index in [1.54, 1.807) is 0 Å². The Morgan fingerprint density at radius 3 is 2.89 bits per heavy atom. The maximum atomic E-state index is 5.32. The van der Waals surface area contributed by atoms with Crippen LogP contribution in [0.2, 0.25) is 0 Å². The lowest BCUT2D eigenvalue weighted by atomic mass is 10.1. The van der Waals surface area contributed by atoms with Crippen LogP contribution in [0, 0.1) is 0 Å². The monoisotopic (exact) mass is 274 g/mol. The van der Waals surface area contributed by atoms with Crippen LogP contribution in [0.25, 0.3) is 0 Å². The molecule has 0 atom stereocenters. The average molecular weight is 274 g/mol. The second-order valence-corrected chi connectivity index (χ2v) is 7.30. The quantitative estimate of drug-likeness (QED) is 0.686. The lowest BCUT2D eigenvalue weighted by Crippen LogP contribution is -2.34. The highest BCUT2D eigenvalue weighted by Crippen LogP contribution is 2.30. The van der Waals surface area contributed by atoms with E-state index in [1.165, 1.54) is 31.8 Å². The van der Waals surface area contributed by atoms with E-state index >= 15 is 0 Å². The van der Waals surface area contributed by atoms with E-state index in [0.717, 1.165) is 32.7 Å². The van der Waals surface area contributed by atoms with Crippen LogP contribution >= 0.6 is 11.8 Å². The van der Waals surface area contributed by atoms with Gasteiger partial charge in [0.25, 0.3) is 0 Å². The fourth-order valence-electron chi connectivity index (χ4n) is 2.09. The summed E-state index contributed by atoms with van der Waals surface area (Å²) in [4.78, 5) is 2.59. The van der Waals surface area contributed by atoms with Crippen molar-refractivity contribution in [2.75, 3.05) is 51.7 Å². The molecule has 1 fully saturated rings. The third kappa shape index (κ3) is 7.62. The zero-order valence-electron chi connectivity index (χ0n) is 12.3. The molecule has 0 aliphatic carbocycles. The first kappa shape index (κ1) is 16.3. The van der Waals surface area contributed by atoms with Crippen LogP contribution in [0.5, 0.6) is 0 Å². The van der Waals surface area contributed by atoms with Crippen LogP contribution in [0.3, 0.4) is 0 Å². The SMILES string of the molecule is CCOCCCNCCN1CCSC(C)(C)CC1. The highest BCUT2D eigenvalue weighted by Gasteiger charge is 2.23. The number of ether oxygens (including phenoxy) is 1. The first-order chi connectivity index (χ1) is 8.64. The predicted molar refractivity (Wildman–Crippen MR) is 81.6 cm³/mol. The Bertz CT molecular complexity index is 212. The molecule has 1 aliphatic heterocycles. The number of rotatable bonds is 8.